The number of aryl methyl sites for hydroxylation is 1. The highest BCUT2D eigenvalue weighted by molar-refractivity contribution is 7.11. The van der Waals surface area contributed by atoms with E-state index in [1.54, 1.807) is 18.4 Å². The molecule has 1 aliphatic heterocycles. The van der Waals surface area contributed by atoms with E-state index in [1.807, 2.05) is 6.20 Å². The molecule has 0 fully saturated rings. The molecule has 0 saturated carbocycles. The molecule has 0 saturated heterocycles. The number of thiazole rings is 1. The normalized spacial score (nSPS) is 15.3. The van der Waals surface area contributed by atoms with E-state index in [2.05, 4.69) is 63.6 Å². The summed E-state index contributed by atoms with van der Waals surface area (Å²) >= 11 is 1.71. The van der Waals surface area contributed by atoms with Crippen molar-refractivity contribution in [3.8, 4) is 0 Å². The monoisotopic (exact) mass is 343 g/mol. The summed E-state index contributed by atoms with van der Waals surface area (Å²) < 4.78 is 0. The zero-order valence-corrected chi connectivity index (χ0v) is 15.4. The van der Waals surface area contributed by atoms with Crippen molar-refractivity contribution in [2.45, 2.75) is 32.9 Å². The molecular formula is C18H25N5S. The maximum atomic E-state index is 4.37. The second-order valence-corrected chi connectivity index (χ2v) is 7.41. The van der Waals surface area contributed by atoms with Crippen LogP contribution in [-0.4, -0.2) is 37.1 Å². The molecule has 2 aromatic rings. The van der Waals surface area contributed by atoms with Gasteiger partial charge in [0.15, 0.2) is 5.96 Å². The van der Waals surface area contributed by atoms with Crippen molar-refractivity contribution in [1.29, 1.82) is 0 Å². The first-order valence-corrected chi connectivity index (χ1v) is 9.19. The molecule has 0 aliphatic carbocycles. The highest BCUT2D eigenvalue weighted by Crippen LogP contribution is 2.28. The highest BCUT2D eigenvalue weighted by Gasteiger charge is 2.22. The van der Waals surface area contributed by atoms with E-state index in [1.165, 1.54) is 16.1 Å². The fourth-order valence-electron chi connectivity index (χ4n) is 3.04. The Bertz CT molecular complexity index is 709. The predicted octanol–water partition coefficient (Wildman–Crippen LogP) is 2.57. The van der Waals surface area contributed by atoms with Gasteiger partial charge in [-0.3, -0.25) is 4.99 Å². The molecule has 1 unspecified atom stereocenters. The SMILES string of the molecule is CN=C(NCc1ncc(C)s1)NCC(C)N1CCc2ccccc21. The van der Waals surface area contributed by atoms with Gasteiger partial charge in [0, 0.05) is 42.9 Å². The zero-order chi connectivity index (χ0) is 16.9. The van der Waals surface area contributed by atoms with Gasteiger partial charge in [0.2, 0.25) is 0 Å². The number of aliphatic imine (C=N–C) groups is 1. The maximum absolute atomic E-state index is 4.37. The first kappa shape index (κ1) is 16.8. The van der Waals surface area contributed by atoms with E-state index in [0.29, 0.717) is 12.6 Å². The molecule has 2 heterocycles. The van der Waals surface area contributed by atoms with Gasteiger partial charge in [-0.05, 0) is 31.9 Å². The second kappa shape index (κ2) is 7.66. The number of fused-ring (bicyclic) bond motifs is 1. The Morgan fingerprint density at radius 1 is 1.38 bits per heavy atom. The summed E-state index contributed by atoms with van der Waals surface area (Å²) in [6.07, 6.45) is 3.04. The van der Waals surface area contributed by atoms with E-state index in [4.69, 9.17) is 0 Å². The van der Waals surface area contributed by atoms with Crippen LogP contribution < -0.4 is 15.5 Å². The van der Waals surface area contributed by atoms with Gasteiger partial charge in [0.1, 0.15) is 5.01 Å². The Morgan fingerprint density at radius 2 is 2.21 bits per heavy atom. The molecule has 0 bridgehead atoms. The number of para-hydroxylation sites is 1. The third-order valence-corrected chi connectivity index (χ3v) is 5.23. The van der Waals surface area contributed by atoms with Gasteiger partial charge in [-0.1, -0.05) is 18.2 Å². The largest absolute Gasteiger partial charge is 0.366 e. The number of rotatable bonds is 5. The Morgan fingerprint density at radius 3 is 2.96 bits per heavy atom. The third kappa shape index (κ3) is 3.87. The molecule has 6 heteroatoms. The average molecular weight is 344 g/mol. The van der Waals surface area contributed by atoms with E-state index in [0.717, 1.165) is 30.5 Å². The standard InChI is InChI=1S/C18H25N5S/c1-13(23-9-8-15-6-4-5-7-16(15)23)10-21-18(19-3)22-12-17-20-11-14(2)24-17/h4-7,11,13H,8-10,12H2,1-3H3,(H2,19,21,22). The molecule has 24 heavy (non-hydrogen) atoms. The molecule has 2 N–H and O–H groups in total. The van der Waals surface area contributed by atoms with E-state index >= 15 is 0 Å². The average Bonchev–Trinajstić information content (AvgIpc) is 3.21. The van der Waals surface area contributed by atoms with Crippen LogP contribution in [0, 0.1) is 6.92 Å². The summed E-state index contributed by atoms with van der Waals surface area (Å²) in [6.45, 7) is 6.98. The third-order valence-electron chi connectivity index (χ3n) is 4.32. The number of hydrogen-bond acceptors (Lipinski definition) is 4. The fourth-order valence-corrected chi connectivity index (χ4v) is 3.77. The molecule has 1 atom stereocenters. The van der Waals surface area contributed by atoms with Crippen molar-refractivity contribution in [3.05, 3.63) is 45.9 Å². The highest BCUT2D eigenvalue weighted by atomic mass is 32.1. The Kier molecular flexibility index (Phi) is 5.35. The molecule has 1 aliphatic rings. The zero-order valence-electron chi connectivity index (χ0n) is 14.5. The smallest absolute Gasteiger partial charge is 0.191 e. The van der Waals surface area contributed by atoms with Crippen LogP contribution in [0.4, 0.5) is 5.69 Å². The number of benzene rings is 1. The van der Waals surface area contributed by atoms with Crippen LogP contribution in [0.15, 0.2) is 35.5 Å². The molecule has 0 spiro atoms. The van der Waals surface area contributed by atoms with Gasteiger partial charge in [-0.15, -0.1) is 11.3 Å². The van der Waals surface area contributed by atoms with Crippen molar-refractivity contribution in [2.75, 3.05) is 25.0 Å². The summed E-state index contributed by atoms with van der Waals surface area (Å²) in [5.74, 6) is 0.821. The van der Waals surface area contributed by atoms with Crippen molar-refractivity contribution >= 4 is 23.0 Å². The topological polar surface area (TPSA) is 52.6 Å². The molecule has 0 radical (unpaired) electrons. The van der Waals surface area contributed by atoms with Crippen LogP contribution in [0.5, 0.6) is 0 Å². The van der Waals surface area contributed by atoms with Gasteiger partial charge >= 0.3 is 0 Å². The summed E-state index contributed by atoms with van der Waals surface area (Å²) in [5.41, 5.74) is 2.82. The van der Waals surface area contributed by atoms with Gasteiger partial charge in [0.25, 0.3) is 0 Å². The molecule has 0 amide bonds. The van der Waals surface area contributed by atoms with Crippen LogP contribution in [0.25, 0.3) is 0 Å². The molecule has 5 nitrogen and oxygen atoms in total. The lowest BCUT2D eigenvalue weighted by Crippen LogP contribution is -2.45. The van der Waals surface area contributed by atoms with Crippen LogP contribution >= 0.6 is 11.3 Å². The van der Waals surface area contributed by atoms with Gasteiger partial charge in [0.05, 0.1) is 6.54 Å². The quantitative estimate of drug-likeness (QED) is 0.647. The van der Waals surface area contributed by atoms with Gasteiger partial charge in [-0.2, -0.15) is 0 Å². The molecule has 1 aromatic heterocycles. The second-order valence-electron chi connectivity index (χ2n) is 6.09. The van der Waals surface area contributed by atoms with E-state index in [-0.39, 0.29) is 0 Å². The van der Waals surface area contributed by atoms with Crippen LogP contribution in [0.2, 0.25) is 0 Å². The molecular weight excluding hydrogens is 318 g/mol. The number of nitrogens with one attached hydrogen (secondary N) is 2. The van der Waals surface area contributed by atoms with Crippen molar-refractivity contribution in [3.63, 3.8) is 0 Å². The molecule has 3 rings (SSSR count). The minimum Gasteiger partial charge on any atom is -0.366 e. The Labute approximate surface area is 147 Å². The predicted molar refractivity (Wildman–Crippen MR) is 102 cm³/mol. The summed E-state index contributed by atoms with van der Waals surface area (Å²) in [6, 6.07) is 9.10. The van der Waals surface area contributed by atoms with E-state index in [9.17, 15) is 0 Å². The minimum absolute atomic E-state index is 0.411. The number of hydrogen-bond donors (Lipinski definition) is 2. The van der Waals surface area contributed by atoms with Gasteiger partial charge < -0.3 is 15.5 Å². The lowest BCUT2D eigenvalue weighted by Gasteiger charge is -2.28. The van der Waals surface area contributed by atoms with Crippen LogP contribution in [-0.2, 0) is 13.0 Å². The van der Waals surface area contributed by atoms with Crippen molar-refractivity contribution < 1.29 is 0 Å². The first-order chi connectivity index (χ1) is 11.7. The van der Waals surface area contributed by atoms with Crippen molar-refractivity contribution in [2.24, 2.45) is 4.99 Å². The van der Waals surface area contributed by atoms with Gasteiger partial charge in [-0.25, -0.2) is 4.98 Å². The molecule has 128 valence electrons. The summed E-state index contributed by atoms with van der Waals surface area (Å²) in [7, 11) is 1.80. The summed E-state index contributed by atoms with van der Waals surface area (Å²) in [4.78, 5) is 12.4. The lowest BCUT2D eigenvalue weighted by atomic mass is 10.2. The first-order valence-electron chi connectivity index (χ1n) is 8.37. The van der Waals surface area contributed by atoms with Crippen LogP contribution in [0.3, 0.4) is 0 Å². The maximum Gasteiger partial charge on any atom is 0.191 e. The Hall–Kier alpha value is -2.08. The fraction of sp³-hybridized carbons (Fsp3) is 0.444. The number of anilines is 1. The number of aromatic nitrogens is 1. The molecule has 1 aromatic carbocycles. The summed E-state index contributed by atoms with van der Waals surface area (Å²) in [5, 5.41) is 7.84. The number of guanidine groups is 1. The van der Waals surface area contributed by atoms with E-state index < -0.39 is 0 Å². The minimum atomic E-state index is 0.411. The number of nitrogens with zero attached hydrogens (tertiary/aromatic N) is 3. The van der Waals surface area contributed by atoms with Crippen molar-refractivity contribution in [1.82, 2.24) is 15.6 Å². The Balaban J connectivity index is 1.50. The lowest BCUT2D eigenvalue weighted by molar-refractivity contribution is 0.625. The van der Waals surface area contributed by atoms with Crippen LogP contribution in [0.1, 0.15) is 22.4 Å².